The molecule has 0 spiro atoms. The first-order chi connectivity index (χ1) is 9.43. The molecule has 2 rings (SSSR count). The third-order valence-electron chi connectivity index (χ3n) is 2.63. The Morgan fingerprint density at radius 3 is 2.10 bits per heavy atom. The maximum atomic E-state index is 11.9. The standard InChI is InChI=1S/C14H16N2O4/c1-14(2)19-12(17)10(13(18)20-14)11(15-3)16-9-7-5-4-6-8-9/h4-8,15-16H,1-3H3. The van der Waals surface area contributed by atoms with Crippen LogP contribution >= 0.6 is 0 Å². The molecule has 6 heteroatoms. The van der Waals surface area contributed by atoms with Crippen molar-refractivity contribution >= 4 is 17.6 Å². The number of hydrogen-bond acceptors (Lipinski definition) is 6. The van der Waals surface area contributed by atoms with Crippen LogP contribution in [0.2, 0.25) is 0 Å². The van der Waals surface area contributed by atoms with Crippen LogP contribution in [0.1, 0.15) is 13.8 Å². The highest BCUT2D eigenvalue weighted by Crippen LogP contribution is 2.24. The number of benzene rings is 1. The first-order valence-corrected chi connectivity index (χ1v) is 6.14. The van der Waals surface area contributed by atoms with Crippen LogP contribution in [-0.4, -0.2) is 24.8 Å². The average Bonchev–Trinajstić information content (AvgIpc) is 2.36. The second-order valence-electron chi connectivity index (χ2n) is 4.67. The van der Waals surface area contributed by atoms with Gasteiger partial charge in [0.25, 0.3) is 5.79 Å². The molecule has 0 aromatic heterocycles. The summed E-state index contributed by atoms with van der Waals surface area (Å²) in [5.41, 5.74) is 0.547. The summed E-state index contributed by atoms with van der Waals surface area (Å²) in [5, 5.41) is 5.73. The summed E-state index contributed by atoms with van der Waals surface area (Å²) in [6, 6.07) is 9.15. The van der Waals surface area contributed by atoms with Gasteiger partial charge >= 0.3 is 11.9 Å². The fourth-order valence-electron chi connectivity index (χ4n) is 1.77. The molecule has 0 atom stereocenters. The zero-order valence-corrected chi connectivity index (χ0v) is 11.5. The Labute approximate surface area is 116 Å². The smallest absolute Gasteiger partial charge is 0.352 e. The normalized spacial score (nSPS) is 17.1. The molecule has 106 valence electrons. The van der Waals surface area contributed by atoms with E-state index in [9.17, 15) is 9.59 Å². The van der Waals surface area contributed by atoms with E-state index >= 15 is 0 Å². The van der Waals surface area contributed by atoms with Gasteiger partial charge in [-0.1, -0.05) is 18.2 Å². The van der Waals surface area contributed by atoms with Gasteiger partial charge in [0.15, 0.2) is 5.57 Å². The molecule has 2 N–H and O–H groups in total. The van der Waals surface area contributed by atoms with Gasteiger partial charge in [-0.15, -0.1) is 0 Å². The van der Waals surface area contributed by atoms with Crippen molar-refractivity contribution in [3.05, 3.63) is 41.7 Å². The molecule has 0 aliphatic carbocycles. The zero-order chi connectivity index (χ0) is 14.8. The molecule has 0 amide bonds. The fourth-order valence-corrected chi connectivity index (χ4v) is 1.77. The molecule has 6 nitrogen and oxygen atoms in total. The summed E-state index contributed by atoms with van der Waals surface area (Å²) in [4.78, 5) is 23.9. The van der Waals surface area contributed by atoms with Crippen molar-refractivity contribution in [2.24, 2.45) is 0 Å². The maximum Gasteiger partial charge on any atom is 0.352 e. The van der Waals surface area contributed by atoms with Crippen LogP contribution in [0.15, 0.2) is 41.7 Å². The van der Waals surface area contributed by atoms with E-state index in [1.165, 1.54) is 13.8 Å². The number of ether oxygens (including phenoxy) is 2. The van der Waals surface area contributed by atoms with Crippen LogP contribution in [0, 0.1) is 0 Å². The van der Waals surface area contributed by atoms with E-state index in [-0.39, 0.29) is 11.4 Å². The van der Waals surface area contributed by atoms with Crippen molar-refractivity contribution < 1.29 is 19.1 Å². The monoisotopic (exact) mass is 276 g/mol. The minimum atomic E-state index is -1.25. The summed E-state index contributed by atoms with van der Waals surface area (Å²) < 4.78 is 10.1. The van der Waals surface area contributed by atoms with Crippen LogP contribution < -0.4 is 10.6 Å². The van der Waals surface area contributed by atoms with Gasteiger partial charge in [-0.3, -0.25) is 0 Å². The molecule has 1 aromatic carbocycles. The minimum Gasteiger partial charge on any atom is -0.419 e. The predicted molar refractivity (Wildman–Crippen MR) is 72.4 cm³/mol. The largest absolute Gasteiger partial charge is 0.419 e. The van der Waals surface area contributed by atoms with Gasteiger partial charge < -0.3 is 20.1 Å². The number of para-hydroxylation sites is 1. The van der Waals surface area contributed by atoms with E-state index in [2.05, 4.69) is 10.6 Å². The molecule has 1 fully saturated rings. The first-order valence-electron chi connectivity index (χ1n) is 6.14. The van der Waals surface area contributed by atoms with Crippen LogP contribution in [0.4, 0.5) is 5.69 Å². The molecular weight excluding hydrogens is 260 g/mol. The van der Waals surface area contributed by atoms with Crippen molar-refractivity contribution in [1.29, 1.82) is 0 Å². The van der Waals surface area contributed by atoms with Gasteiger partial charge in [-0.25, -0.2) is 9.59 Å². The molecule has 20 heavy (non-hydrogen) atoms. The van der Waals surface area contributed by atoms with E-state index < -0.39 is 17.7 Å². The Kier molecular flexibility index (Phi) is 3.65. The minimum absolute atomic E-state index is 0.185. The molecule has 0 saturated carbocycles. The third-order valence-corrected chi connectivity index (χ3v) is 2.63. The van der Waals surface area contributed by atoms with Crippen molar-refractivity contribution in [2.45, 2.75) is 19.6 Å². The summed E-state index contributed by atoms with van der Waals surface area (Å²) >= 11 is 0. The Bertz CT molecular complexity index is 542. The number of esters is 2. The van der Waals surface area contributed by atoms with E-state index in [1.54, 1.807) is 19.2 Å². The highest BCUT2D eigenvalue weighted by Gasteiger charge is 2.41. The summed E-state index contributed by atoms with van der Waals surface area (Å²) in [6.07, 6.45) is 0. The second kappa shape index (κ2) is 5.24. The van der Waals surface area contributed by atoms with Gasteiger partial charge in [0.1, 0.15) is 5.82 Å². The highest BCUT2D eigenvalue weighted by atomic mass is 16.7. The van der Waals surface area contributed by atoms with Crippen molar-refractivity contribution in [2.75, 3.05) is 12.4 Å². The third kappa shape index (κ3) is 2.90. The Morgan fingerprint density at radius 1 is 1.05 bits per heavy atom. The van der Waals surface area contributed by atoms with Crippen LogP contribution in [0.3, 0.4) is 0 Å². The molecule has 1 aromatic rings. The number of rotatable bonds is 3. The molecule has 1 saturated heterocycles. The van der Waals surface area contributed by atoms with Gasteiger partial charge in [-0.2, -0.15) is 0 Å². The summed E-state index contributed by atoms with van der Waals surface area (Å²) in [5.74, 6) is -2.46. The molecule has 0 bridgehead atoms. The van der Waals surface area contributed by atoms with Crippen molar-refractivity contribution in [3.8, 4) is 0 Å². The maximum absolute atomic E-state index is 11.9. The SMILES string of the molecule is CNC(Nc1ccccc1)=C1C(=O)OC(C)(C)OC1=O. The number of anilines is 1. The Hall–Kier alpha value is -2.50. The molecule has 0 unspecified atom stereocenters. The van der Waals surface area contributed by atoms with Gasteiger partial charge in [-0.05, 0) is 12.1 Å². The topological polar surface area (TPSA) is 76.7 Å². The molecule has 1 aliphatic rings. The number of cyclic esters (lactones) is 2. The lowest BCUT2D eigenvalue weighted by atomic mass is 10.2. The van der Waals surface area contributed by atoms with E-state index in [0.717, 1.165) is 5.69 Å². The first kappa shape index (κ1) is 13.9. The van der Waals surface area contributed by atoms with E-state index in [1.807, 2.05) is 18.2 Å². The Morgan fingerprint density at radius 2 is 1.60 bits per heavy atom. The lowest BCUT2D eigenvalue weighted by Gasteiger charge is -2.30. The number of nitrogens with one attached hydrogen (secondary N) is 2. The van der Waals surface area contributed by atoms with E-state index in [4.69, 9.17) is 9.47 Å². The quantitative estimate of drug-likeness (QED) is 0.493. The molecule has 1 aliphatic heterocycles. The van der Waals surface area contributed by atoms with Gasteiger partial charge in [0.2, 0.25) is 0 Å². The summed E-state index contributed by atoms with van der Waals surface area (Å²) in [6.45, 7) is 3.01. The van der Waals surface area contributed by atoms with Crippen molar-refractivity contribution in [1.82, 2.24) is 5.32 Å². The molecule has 1 heterocycles. The van der Waals surface area contributed by atoms with Crippen LogP contribution in [0.5, 0.6) is 0 Å². The van der Waals surface area contributed by atoms with E-state index in [0.29, 0.717) is 0 Å². The number of carbonyl (C=O) groups excluding carboxylic acids is 2. The molecular formula is C14H16N2O4. The summed E-state index contributed by atoms with van der Waals surface area (Å²) in [7, 11) is 1.60. The lowest BCUT2D eigenvalue weighted by molar-refractivity contribution is -0.222. The number of carbonyl (C=O) groups is 2. The van der Waals surface area contributed by atoms with Gasteiger partial charge in [0, 0.05) is 26.6 Å². The second-order valence-corrected chi connectivity index (χ2v) is 4.67. The highest BCUT2D eigenvalue weighted by molar-refractivity contribution is 6.16. The zero-order valence-electron chi connectivity index (χ0n) is 11.5. The fraction of sp³-hybridized carbons (Fsp3) is 0.286. The Balaban J connectivity index is 2.33. The predicted octanol–water partition coefficient (Wildman–Crippen LogP) is 1.37. The average molecular weight is 276 g/mol. The van der Waals surface area contributed by atoms with Gasteiger partial charge in [0.05, 0.1) is 0 Å². The van der Waals surface area contributed by atoms with Crippen LogP contribution in [0.25, 0.3) is 0 Å². The lowest BCUT2D eigenvalue weighted by Crippen LogP contribution is -2.43. The number of hydrogen-bond donors (Lipinski definition) is 2. The van der Waals surface area contributed by atoms with Crippen LogP contribution in [-0.2, 0) is 19.1 Å². The van der Waals surface area contributed by atoms with Crippen molar-refractivity contribution in [3.63, 3.8) is 0 Å². The molecule has 0 radical (unpaired) electrons.